The first-order chi connectivity index (χ1) is 11.6. The highest BCUT2D eigenvalue weighted by atomic mass is 15.2. The molecule has 0 aliphatic heterocycles. The molecule has 0 bridgehead atoms. The van der Waals surface area contributed by atoms with E-state index in [1.54, 1.807) is 0 Å². The Kier molecular flexibility index (Phi) is 7.04. The lowest BCUT2D eigenvalue weighted by atomic mass is 10.2. The third-order valence-electron chi connectivity index (χ3n) is 4.02. The first-order valence-electron chi connectivity index (χ1n) is 9.00. The summed E-state index contributed by atoms with van der Waals surface area (Å²) in [5.41, 5.74) is 2.29. The number of benzene rings is 1. The molecule has 0 radical (unpaired) electrons. The Morgan fingerprint density at radius 3 is 2.50 bits per heavy atom. The van der Waals surface area contributed by atoms with E-state index < -0.39 is 0 Å². The Morgan fingerprint density at radius 2 is 1.83 bits per heavy atom. The van der Waals surface area contributed by atoms with E-state index in [1.807, 2.05) is 6.92 Å². The maximum Gasteiger partial charge on any atom is 0.224 e. The predicted octanol–water partition coefficient (Wildman–Crippen LogP) is 4.80. The molecule has 4 heteroatoms. The van der Waals surface area contributed by atoms with Gasteiger partial charge in [0.2, 0.25) is 5.95 Å². The largest absolute Gasteiger partial charge is 0.354 e. The number of aryl methyl sites for hydroxylation is 1. The van der Waals surface area contributed by atoms with Crippen LogP contribution in [0.2, 0.25) is 0 Å². The average Bonchev–Trinajstić information content (AvgIpc) is 2.57. The molecular weight excluding hydrogens is 296 g/mol. The van der Waals surface area contributed by atoms with Crippen LogP contribution in [0.4, 0.5) is 11.8 Å². The van der Waals surface area contributed by atoms with Gasteiger partial charge in [0.1, 0.15) is 5.82 Å². The topological polar surface area (TPSA) is 41.1 Å². The molecule has 4 nitrogen and oxygen atoms in total. The van der Waals surface area contributed by atoms with E-state index in [-0.39, 0.29) is 0 Å². The zero-order valence-electron chi connectivity index (χ0n) is 15.4. The number of anilines is 2. The van der Waals surface area contributed by atoms with Crippen molar-refractivity contribution >= 4 is 11.8 Å². The van der Waals surface area contributed by atoms with Gasteiger partial charge < -0.3 is 10.2 Å². The number of nitrogens with one attached hydrogen (secondary N) is 1. The highest BCUT2D eigenvalue weighted by Gasteiger charge is 2.14. The highest BCUT2D eigenvalue weighted by molar-refractivity contribution is 5.46. The Bertz CT molecular complexity index is 610. The van der Waals surface area contributed by atoms with Gasteiger partial charge in [0.25, 0.3) is 0 Å². The molecule has 0 saturated carbocycles. The van der Waals surface area contributed by atoms with Crippen LogP contribution in [0.25, 0.3) is 0 Å². The van der Waals surface area contributed by atoms with Crippen LogP contribution in [0.1, 0.15) is 51.3 Å². The van der Waals surface area contributed by atoms with Crippen LogP contribution < -0.4 is 10.2 Å². The van der Waals surface area contributed by atoms with Crippen LogP contribution in [0.5, 0.6) is 0 Å². The van der Waals surface area contributed by atoms with E-state index in [2.05, 4.69) is 72.4 Å². The number of hydrogen-bond acceptors (Lipinski definition) is 4. The van der Waals surface area contributed by atoms with Gasteiger partial charge in [0.05, 0.1) is 0 Å². The minimum Gasteiger partial charge on any atom is -0.354 e. The minimum atomic E-state index is 0.368. The molecule has 1 heterocycles. The van der Waals surface area contributed by atoms with Crippen molar-refractivity contribution in [2.24, 2.45) is 0 Å². The molecule has 0 amide bonds. The van der Waals surface area contributed by atoms with Crippen molar-refractivity contribution in [2.75, 3.05) is 16.8 Å². The van der Waals surface area contributed by atoms with Crippen LogP contribution >= 0.6 is 0 Å². The second-order valence-corrected chi connectivity index (χ2v) is 6.53. The molecule has 2 rings (SSSR count). The van der Waals surface area contributed by atoms with Crippen LogP contribution in [0.3, 0.4) is 0 Å². The smallest absolute Gasteiger partial charge is 0.224 e. The summed E-state index contributed by atoms with van der Waals surface area (Å²) in [5.74, 6) is 1.72. The average molecular weight is 326 g/mol. The third-order valence-corrected chi connectivity index (χ3v) is 4.02. The van der Waals surface area contributed by atoms with Crippen molar-refractivity contribution in [1.82, 2.24) is 9.97 Å². The summed E-state index contributed by atoms with van der Waals surface area (Å²) >= 11 is 0. The van der Waals surface area contributed by atoms with Gasteiger partial charge in [-0.25, -0.2) is 4.98 Å². The van der Waals surface area contributed by atoms with Gasteiger partial charge in [0, 0.05) is 30.9 Å². The van der Waals surface area contributed by atoms with Gasteiger partial charge in [-0.05, 0) is 32.8 Å². The summed E-state index contributed by atoms with van der Waals surface area (Å²) in [4.78, 5) is 11.6. The second-order valence-electron chi connectivity index (χ2n) is 6.53. The molecule has 0 spiro atoms. The lowest BCUT2D eigenvalue weighted by molar-refractivity contribution is 0.670. The molecule has 0 fully saturated rings. The minimum absolute atomic E-state index is 0.368. The summed E-state index contributed by atoms with van der Waals surface area (Å²) in [7, 11) is 0. The van der Waals surface area contributed by atoms with E-state index in [1.165, 1.54) is 18.4 Å². The van der Waals surface area contributed by atoms with E-state index in [0.717, 1.165) is 37.0 Å². The van der Waals surface area contributed by atoms with Gasteiger partial charge in [-0.1, -0.05) is 50.1 Å². The van der Waals surface area contributed by atoms with Gasteiger partial charge in [-0.3, -0.25) is 0 Å². The SMILES string of the molecule is CCCCCNc1nc(C)cc(N(Cc2ccccc2)C(C)C)n1. The molecule has 1 aromatic heterocycles. The molecule has 0 aliphatic rings. The van der Waals surface area contributed by atoms with Crippen molar-refractivity contribution in [3.8, 4) is 0 Å². The van der Waals surface area contributed by atoms with Crippen molar-refractivity contribution in [3.05, 3.63) is 47.7 Å². The molecule has 0 atom stereocenters. The van der Waals surface area contributed by atoms with Crippen molar-refractivity contribution in [2.45, 2.75) is 59.5 Å². The summed E-state index contributed by atoms with van der Waals surface area (Å²) in [6.07, 6.45) is 3.61. The van der Waals surface area contributed by atoms with Crippen LogP contribution in [-0.4, -0.2) is 22.6 Å². The van der Waals surface area contributed by atoms with Gasteiger partial charge >= 0.3 is 0 Å². The van der Waals surface area contributed by atoms with E-state index >= 15 is 0 Å². The van der Waals surface area contributed by atoms with Crippen LogP contribution in [-0.2, 0) is 6.54 Å². The standard InChI is InChI=1S/C20H30N4/c1-5-6-10-13-21-20-22-17(4)14-19(23-20)24(16(2)3)15-18-11-8-7-9-12-18/h7-9,11-12,14,16H,5-6,10,13,15H2,1-4H3,(H,21,22,23). The maximum absolute atomic E-state index is 4.75. The summed E-state index contributed by atoms with van der Waals surface area (Å²) in [5, 5.41) is 3.37. The quantitative estimate of drug-likeness (QED) is 0.672. The molecule has 24 heavy (non-hydrogen) atoms. The zero-order chi connectivity index (χ0) is 17.4. The van der Waals surface area contributed by atoms with Gasteiger partial charge in [0.15, 0.2) is 0 Å². The number of hydrogen-bond donors (Lipinski definition) is 1. The monoisotopic (exact) mass is 326 g/mol. The van der Waals surface area contributed by atoms with Crippen molar-refractivity contribution in [3.63, 3.8) is 0 Å². The molecule has 1 aromatic carbocycles. The predicted molar refractivity (Wildman–Crippen MR) is 103 cm³/mol. The Morgan fingerprint density at radius 1 is 1.08 bits per heavy atom. The molecule has 130 valence electrons. The Hall–Kier alpha value is -2.10. The lowest BCUT2D eigenvalue weighted by Gasteiger charge is -2.28. The molecule has 1 N–H and O–H groups in total. The molecule has 0 saturated heterocycles. The normalized spacial score (nSPS) is 10.9. The van der Waals surface area contributed by atoms with Crippen molar-refractivity contribution < 1.29 is 0 Å². The van der Waals surface area contributed by atoms with Crippen molar-refractivity contribution in [1.29, 1.82) is 0 Å². The first kappa shape index (κ1) is 18.2. The lowest BCUT2D eigenvalue weighted by Crippen LogP contribution is -2.31. The van der Waals surface area contributed by atoms with Crippen LogP contribution in [0, 0.1) is 6.92 Å². The third kappa shape index (κ3) is 5.52. The summed E-state index contributed by atoms with van der Waals surface area (Å²) in [6, 6.07) is 13.0. The summed E-state index contributed by atoms with van der Waals surface area (Å²) in [6.45, 7) is 10.4. The fraction of sp³-hybridized carbons (Fsp3) is 0.500. The number of nitrogens with zero attached hydrogens (tertiary/aromatic N) is 3. The van der Waals surface area contributed by atoms with Crippen LogP contribution in [0.15, 0.2) is 36.4 Å². The van der Waals surface area contributed by atoms with Gasteiger partial charge in [-0.2, -0.15) is 4.98 Å². The van der Waals surface area contributed by atoms with Gasteiger partial charge in [-0.15, -0.1) is 0 Å². The van der Waals surface area contributed by atoms with E-state index in [4.69, 9.17) is 4.98 Å². The van der Waals surface area contributed by atoms with E-state index in [0.29, 0.717) is 6.04 Å². The molecule has 0 aliphatic carbocycles. The fourth-order valence-corrected chi connectivity index (χ4v) is 2.66. The molecule has 2 aromatic rings. The maximum atomic E-state index is 4.75. The Labute approximate surface area is 146 Å². The highest BCUT2D eigenvalue weighted by Crippen LogP contribution is 2.20. The fourth-order valence-electron chi connectivity index (χ4n) is 2.66. The first-order valence-corrected chi connectivity index (χ1v) is 9.00. The zero-order valence-corrected chi connectivity index (χ0v) is 15.4. The Balaban J connectivity index is 2.15. The second kappa shape index (κ2) is 9.26. The van der Waals surface area contributed by atoms with E-state index in [9.17, 15) is 0 Å². The number of rotatable bonds is 9. The molecular formula is C20H30N4. The number of aromatic nitrogens is 2. The number of unbranched alkanes of at least 4 members (excludes halogenated alkanes) is 2. The molecule has 0 unspecified atom stereocenters. The summed E-state index contributed by atoms with van der Waals surface area (Å²) < 4.78 is 0.